The largest absolute Gasteiger partial charge is 0.361 e. The first-order valence-corrected chi connectivity index (χ1v) is 5.63. The second-order valence-corrected chi connectivity index (χ2v) is 4.38. The summed E-state index contributed by atoms with van der Waals surface area (Å²) in [4.78, 5) is 0. The summed E-state index contributed by atoms with van der Waals surface area (Å²) < 4.78 is 5.41. The molecule has 0 aromatic carbocycles. The van der Waals surface area contributed by atoms with Gasteiger partial charge in [0.15, 0.2) is 0 Å². The molecule has 1 aliphatic carbocycles. The molecule has 1 fully saturated rings. The van der Waals surface area contributed by atoms with Gasteiger partial charge in [0.1, 0.15) is 5.76 Å². The first kappa shape index (κ1) is 8.48. The monoisotopic (exact) mass is 192 g/mol. The summed E-state index contributed by atoms with van der Waals surface area (Å²) in [6.45, 7) is 1.17. The van der Waals surface area contributed by atoms with Crippen molar-refractivity contribution in [1.82, 2.24) is 10.5 Å². The predicted molar refractivity (Wildman–Crippen MR) is 53.3 cm³/mol. The van der Waals surface area contributed by atoms with Crippen LogP contribution in [0.4, 0.5) is 0 Å². The van der Waals surface area contributed by atoms with E-state index in [4.69, 9.17) is 4.52 Å². The van der Waals surface area contributed by atoms with Gasteiger partial charge in [-0.15, -0.1) is 0 Å². The van der Waals surface area contributed by atoms with Gasteiger partial charge in [-0.25, -0.2) is 0 Å². The minimum atomic E-state index is 0.632. The third-order valence-corrected chi connectivity index (χ3v) is 3.39. The summed E-state index contributed by atoms with van der Waals surface area (Å²) in [7, 11) is 0. The van der Waals surface area contributed by atoms with Crippen molar-refractivity contribution in [3.8, 4) is 0 Å². The van der Waals surface area contributed by atoms with Gasteiger partial charge in [0.25, 0.3) is 0 Å². The van der Waals surface area contributed by atoms with Gasteiger partial charge in [-0.3, -0.25) is 0 Å². The van der Waals surface area contributed by atoms with Crippen LogP contribution >= 0.6 is 0 Å². The molecule has 1 aromatic rings. The smallest absolute Gasteiger partial charge is 0.141 e. The van der Waals surface area contributed by atoms with Crippen molar-refractivity contribution in [2.24, 2.45) is 0 Å². The van der Waals surface area contributed by atoms with Gasteiger partial charge in [0.05, 0.1) is 5.69 Å². The summed E-state index contributed by atoms with van der Waals surface area (Å²) >= 11 is 0. The van der Waals surface area contributed by atoms with E-state index in [9.17, 15) is 0 Å². The number of nitrogens with zero attached hydrogens (tertiary/aromatic N) is 1. The molecule has 0 radical (unpaired) electrons. The van der Waals surface area contributed by atoms with E-state index >= 15 is 0 Å². The lowest BCUT2D eigenvalue weighted by Crippen LogP contribution is -2.23. The van der Waals surface area contributed by atoms with E-state index in [-0.39, 0.29) is 0 Å². The number of hydrogen-bond donors (Lipinski definition) is 1. The molecule has 1 aromatic heterocycles. The molecule has 0 spiro atoms. The third-order valence-electron chi connectivity index (χ3n) is 3.39. The van der Waals surface area contributed by atoms with Crippen LogP contribution in [0.25, 0.3) is 0 Å². The number of fused-ring (bicyclic) bond motifs is 1. The standard InChI is InChI=1S/C11H16N2O/c1-4-9-10(5-1)13-14-11(9)7-8-3-2-6-12-8/h8,12H,1-7H2. The SMILES string of the molecule is C1Cc2noc(CC3CCCN3)c2C1. The highest BCUT2D eigenvalue weighted by molar-refractivity contribution is 5.28. The van der Waals surface area contributed by atoms with E-state index in [0.29, 0.717) is 6.04 Å². The summed E-state index contributed by atoms with van der Waals surface area (Å²) in [6.07, 6.45) is 7.20. The van der Waals surface area contributed by atoms with Crippen LogP contribution in [-0.2, 0) is 19.3 Å². The Labute approximate surface area is 83.9 Å². The number of aryl methyl sites for hydroxylation is 1. The Morgan fingerprint density at radius 3 is 3.21 bits per heavy atom. The molecule has 2 heterocycles. The van der Waals surface area contributed by atoms with E-state index in [2.05, 4.69) is 10.5 Å². The van der Waals surface area contributed by atoms with Crippen LogP contribution < -0.4 is 5.32 Å². The van der Waals surface area contributed by atoms with Crippen molar-refractivity contribution in [3.63, 3.8) is 0 Å². The van der Waals surface area contributed by atoms with Gasteiger partial charge in [-0.2, -0.15) is 0 Å². The predicted octanol–water partition coefficient (Wildman–Crippen LogP) is 1.46. The maximum atomic E-state index is 5.41. The van der Waals surface area contributed by atoms with E-state index in [0.717, 1.165) is 18.6 Å². The van der Waals surface area contributed by atoms with Crippen LogP contribution in [0.5, 0.6) is 0 Å². The molecule has 1 aliphatic heterocycles. The highest BCUT2D eigenvalue weighted by Gasteiger charge is 2.24. The van der Waals surface area contributed by atoms with Gasteiger partial charge in [-0.05, 0) is 38.6 Å². The fraction of sp³-hybridized carbons (Fsp3) is 0.727. The molecule has 3 heteroatoms. The number of hydrogen-bond acceptors (Lipinski definition) is 3. The molecule has 1 atom stereocenters. The highest BCUT2D eigenvalue weighted by atomic mass is 16.5. The fourth-order valence-corrected chi connectivity index (χ4v) is 2.61. The van der Waals surface area contributed by atoms with Gasteiger partial charge >= 0.3 is 0 Å². The molecule has 14 heavy (non-hydrogen) atoms. The highest BCUT2D eigenvalue weighted by Crippen LogP contribution is 2.26. The molecule has 1 N–H and O–H groups in total. The fourth-order valence-electron chi connectivity index (χ4n) is 2.61. The van der Waals surface area contributed by atoms with E-state index < -0.39 is 0 Å². The van der Waals surface area contributed by atoms with E-state index in [1.165, 1.54) is 43.5 Å². The normalized spacial score (nSPS) is 25.6. The Balaban J connectivity index is 1.76. The molecule has 2 aliphatic rings. The van der Waals surface area contributed by atoms with Crippen molar-refractivity contribution in [2.75, 3.05) is 6.54 Å². The maximum absolute atomic E-state index is 5.41. The van der Waals surface area contributed by atoms with Crippen LogP contribution in [-0.4, -0.2) is 17.7 Å². The molecule has 76 valence electrons. The van der Waals surface area contributed by atoms with Crippen molar-refractivity contribution >= 4 is 0 Å². The Morgan fingerprint density at radius 1 is 1.36 bits per heavy atom. The van der Waals surface area contributed by atoms with Crippen molar-refractivity contribution in [2.45, 2.75) is 44.6 Å². The lowest BCUT2D eigenvalue weighted by Gasteiger charge is -2.07. The lowest BCUT2D eigenvalue weighted by atomic mass is 10.1. The quantitative estimate of drug-likeness (QED) is 0.771. The van der Waals surface area contributed by atoms with Crippen LogP contribution in [0, 0.1) is 0 Å². The topological polar surface area (TPSA) is 38.1 Å². The molecule has 1 unspecified atom stereocenters. The molecule has 0 bridgehead atoms. The summed E-state index contributed by atoms with van der Waals surface area (Å²) in [5.74, 6) is 1.15. The zero-order valence-electron chi connectivity index (χ0n) is 8.38. The first-order valence-electron chi connectivity index (χ1n) is 5.63. The molecule has 0 saturated carbocycles. The Bertz CT molecular complexity index is 326. The van der Waals surface area contributed by atoms with Gasteiger partial charge < -0.3 is 9.84 Å². The van der Waals surface area contributed by atoms with Crippen LogP contribution in [0.2, 0.25) is 0 Å². The van der Waals surface area contributed by atoms with E-state index in [1.54, 1.807) is 0 Å². The zero-order valence-corrected chi connectivity index (χ0v) is 8.38. The summed E-state index contributed by atoms with van der Waals surface area (Å²) in [5.41, 5.74) is 2.64. The summed E-state index contributed by atoms with van der Waals surface area (Å²) in [6, 6.07) is 0.632. The van der Waals surface area contributed by atoms with Gasteiger partial charge in [0, 0.05) is 18.0 Å². The van der Waals surface area contributed by atoms with E-state index in [1.807, 2.05) is 0 Å². The second-order valence-electron chi connectivity index (χ2n) is 4.38. The minimum absolute atomic E-state index is 0.632. The van der Waals surface area contributed by atoms with Crippen molar-refractivity contribution in [3.05, 3.63) is 17.0 Å². The second kappa shape index (κ2) is 3.39. The number of nitrogens with one attached hydrogen (secondary N) is 1. The molecule has 3 rings (SSSR count). The number of rotatable bonds is 2. The zero-order chi connectivity index (χ0) is 9.38. The molecule has 1 saturated heterocycles. The molecule has 3 nitrogen and oxygen atoms in total. The van der Waals surface area contributed by atoms with Crippen LogP contribution in [0.1, 0.15) is 36.3 Å². The Kier molecular flexibility index (Phi) is 2.05. The van der Waals surface area contributed by atoms with Gasteiger partial charge in [-0.1, -0.05) is 5.16 Å². The van der Waals surface area contributed by atoms with Crippen LogP contribution in [0.3, 0.4) is 0 Å². The molecular weight excluding hydrogens is 176 g/mol. The van der Waals surface area contributed by atoms with Crippen molar-refractivity contribution in [1.29, 1.82) is 0 Å². The Morgan fingerprint density at radius 2 is 2.36 bits per heavy atom. The van der Waals surface area contributed by atoms with Gasteiger partial charge in [0.2, 0.25) is 0 Å². The summed E-state index contributed by atoms with van der Waals surface area (Å²) in [5, 5.41) is 7.63. The average molecular weight is 192 g/mol. The maximum Gasteiger partial charge on any atom is 0.141 e. The first-order chi connectivity index (χ1) is 6.93. The molecular formula is C11H16N2O. The number of aromatic nitrogens is 1. The third kappa shape index (κ3) is 1.36. The van der Waals surface area contributed by atoms with Crippen molar-refractivity contribution < 1.29 is 4.52 Å². The average Bonchev–Trinajstić information content (AvgIpc) is 2.85. The Hall–Kier alpha value is -0.830. The van der Waals surface area contributed by atoms with Crippen LogP contribution in [0.15, 0.2) is 4.52 Å². The minimum Gasteiger partial charge on any atom is -0.361 e. The lowest BCUT2D eigenvalue weighted by molar-refractivity contribution is 0.360. The molecule has 0 amide bonds.